The van der Waals surface area contributed by atoms with E-state index in [1.54, 1.807) is 65.6 Å². The molecule has 5 aliphatic carbocycles. The van der Waals surface area contributed by atoms with E-state index in [4.69, 9.17) is 18.9 Å². The summed E-state index contributed by atoms with van der Waals surface area (Å²) in [7, 11) is 12.5. The maximum atomic E-state index is 15.1. The van der Waals surface area contributed by atoms with Gasteiger partial charge in [0, 0.05) is 92.5 Å². The van der Waals surface area contributed by atoms with Gasteiger partial charge in [-0.1, -0.05) is 195 Å². The summed E-state index contributed by atoms with van der Waals surface area (Å²) in [4.78, 5) is 25.8. The molecule has 5 unspecified atom stereocenters. The van der Waals surface area contributed by atoms with Gasteiger partial charge in [-0.25, -0.2) is 26.3 Å². The van der Waals surface area contributed by atoms with Crippen molar-refractivity contribution in [3.63, 3.8) is 0 Å². The maximum absolute atomic E-state index is 15.1. The molecule has 0 N–H and O–H groups in total. The molecule has 5 atom stereocenters. The zero-order valence-corrected chi connectivity index (χ0v) is 80.3. The molecule has 10 aromatic carbocycles. The highest BCUT2D eigenvalue weighted by molar-refractivity contribution is 5.90. The summed E-state index contributed by atoms with van der Waals surface area (Å²) in [6.45, 7) is 26.1. The van der Waals surface area contributed by atoms with Gasteiger partial charge in [-0.05, 0) is 342 Å². The van der Waals surface area contributed by atoms with Crippen LogP contribution in [0.1, 0.15) is 193 Å². The van der Waals surface area contributed by atoms with Gasteiger partial charge < -0.3 is 48.3 Å². The molecular formula is C117H128F6N6O5. The number of ether oxygens (including phenoxy) is 4. The molecule has 12 aliphatic rings. The van der Waals surface area contributed by atoms with E-state index in [-0.39, 0.29) is 57.1 Å². The second-order valence-electron chi connectivity index (χ2n) is 41.0. The van der Waals surface area contributed by atoms with E-state index in [0.717, 1.165) is 184 Å². The largest absolute Gasteiger partial charge is 0.454 e. The minimum atomic E-state index is -0.631. The number of benzene rings is 10. The van der Waals surface area contributed by atoms with Gasteiger partial charge in [0.15, 0.2) is 23.0 Å². The summed E-state index contributed by atoms with van der Waals surface area (Å²) >= 11 is 0. The van der Waals surface area contributed by atoms with E-state index in [9.17, 15) is 26.7 Å². The number of aryl methyl sites for hydroxylation is 2. The number of rotatable bonds is 7. The van der Waals surface area contributed by atoms with Crippen LogP contribution < -0.4 is 18.9 Å². The predicted molar refractivity (Wildman–Crippen MR) is 527 cm³/mol. The number of carbonyl (C=O) groups excluding carboxylic acids is 1. The Labute approximate surface area is 788 Å². The highest BCUT2D eigenvalue weighted by Gasteiger charge is 2.49. The lowest BCUT2D eigenvalue weighted by Crippen LogP contribution is -2.41. The summed E-state index contributed by atoms with van der Waals surface area (Å²) in [5, 5.41) is 0. The van der Waals surface area contributed by atoms with Gasteiger partial charge in [0.2, 0.25) is 19.5 Å². The SMILES string of the molecule is CN1CCC(=C2c3cc(F)ccc3CC2(C)c2cccc(F)c2)CC1.CN1CCC(=C2c3cc(F)ccc3CC2(C)c2ccccc2F)CC1.CN1CCC(=C2c3ccccc3CC2(C)c2ccc3c(c2)OCO3)CC1.Cc1ccc2c(c1)C(=C1CCN(C)CC1)C(C)(c1ccc3c(c1)OCO3)C2.Cc1ccc2c(c1F)CC(C)(c1ccccc1F)C2=C1CCN(C(=O)CN(C)C)CC1. The number of likely N-dealkylation sites (tertiary alicyclic amines) is 5. The lowest BCUT2D eigenvalue weighted by atomic mass is 9.73. The minimum absolute atomic E-state index is 0.00406. The third kappa shape index (κ3) is 18.2. The van der Waals surface area contributed by atoms with Crippen LogP contribution in [-0.2, 0) is 64.0 Å². The zero-order chi connectivity index (χ0) is 93.9. The van der Waals surface area contributed by atoms with Gasteiger partial charge >= 0.3 is 0 Å². The summed E-state index contributed by atoms with van der Waals surface area (Å²) in [5.41, 5.74) is 31.0. The first-order valence-corrected chi connectivity index (χ1v) is 48.3. The summed E-state index contributed by atoms with van der Waals surface area (Å²) in [5.74, 6) is 2.36. The molecule has 22 rings (SSSR count). The van der Waals surface area contributed by atoms with Crippen LogP contribution >= 0.6 is 0 Å². The fourth-order valence-corrected chi connectivity index (χ4v) is 24.2. The Morgan fingerprint density at radius 2 is 0.701 bits per heavy atom. The smallest absolute Gasteiger partial charge is 0.236 e. The summed E-state index contributed by atoms with van der Waals surface area (Å²) in [6, 6.07) is 63.7. The number of halogens is 6. The Kier molecular flexibility index (Phi) is 26.7. The number of nitrogens with zero attached hydrogens (tertiary/aromatic N) is 6. The Morgan fingerprint density at radius 1 is 0.336 bits per heavy atom. The molecule has 0 bridgehead atoms. The second kappa shape index (κ2) is 38.3. The molecule has 134 heavy (non-hydrogen) atoms. The fourth-order valence-electron chi connectivity index (χ4n) is 24.2. The number of fused-ring (bicyclic) bond motifs is 7. The fraction of sp³-hybridized carbons (Fsp3) is 0.393. The number of amides is 1. The lowest BCUT2D eigenvalue weighted by Gasteiger charge is -2.35. The van der Waals surface area contributed by atoms with E-state index in [0.29, 0.717) is 61.9 Å². The second-order valence-corrected chi connectivity index (χ2v) is 41.0. The summed E-state index contributed by atoms with van der Waals surface area (Å²) in [6.07, 6.45) is 14.1. The van der Waals surface area contributed by atoms with Crippen LogP contribution in [0.25, 0.3) is 27.9 Å². The van der Waals surface area contributed by atoms with Crippen molar-refractivity contribution < 1.29 is 50.1 Å². The molecule has 698 valence electrons. The zero-order valence-electron chi connectivity index (χ0n) is 80.3. The van der Waals surface area contributed by atoms with E-state index in [1.807, 2.05) is 85.4 Å². The Balaban J connectivity index is 0.000000112. The van der Waals surface area contributed by atoms with Crippen LogP contribution in [0, 0.1) is 48.8 Å². The first-order chi connectivity index (χ1) is 64.4. The van der Waals surface area contributed by atoms with E-state index in [2.05, 4.69) is 161 Å². The standard InChI is InChI=1S/C26H30F2N2O.C24H27NO2.C23H25NO2.2C22H23F2N/c1-17-9-10-19-20(25(17)28)15-26(2,21-7-5-6-8-22(21)27)24(19)18-11-13-30(14-12-18)23(31)16-29(3)4;1-16-4-5-18-14-24(2,19-6-7-21-22(13-19)27-15-26-21)23(20(18)12-16)17-8-10-25(3)11-9-17;1-23(18-7-8-20-21(13-18)26-15-25-20)14-17-5-3-4-6-19(17)22(23)16-9-11-24(2)12-10-16;1-22(17-4-3-5-18(23)12-17)14-16-6-7-19(24)13-20(16)21(22)15-8-10-25(2)11-9-15;1-22(19-5-3-4-6-20(19)24)14-16-7-8-17(23)13-18(16)21(22)15-9-11-25(2)12-10-15/h5-10H,11-16H2,1-4H3;4-7,12-13H,8-11,14-15H2,1-3H3;3-8,13H,9-12,14-15H2,1-2H3;3-7,12-13H,8-11,14H2,1-2H3;3-8,13H,9-12,14H2,1-2H3. The minimum Gasteiger partial charge on any atom is -0.454 e. The molecule has 7 aliphatic heterocycles. The molecule has 0 spiro atoms. The normalized spacial score (nSPS) is 23.5. The van der Waals surface area contributed by atoms with Crippen molar-refractivity contribution in [1.29, 1.82) is 0 Å². The third-order valence-corrected chi connectivity index (χ3v) is 31.4. The highest BCUT2D eigenvalue weighted by Crippen LogP contribution is 2.59. The first kappa shape index (κ1) is 93.4. The molecular weight excluding hydrogens is 1680 g/mol. The molecule has 0 saturated carbocycles. The lowest BCUT2D eigenvalue weighted by molar-refractivity contribution is -0.132. The Morgan fingerprint density at radius 3 is 1.16 bits per heavy atom. The number of piperidine rings is 5. The van der Waals surface area contributed by atoms with Crippen molar-refractivity contribution in [2.45, 2.75) is 172 Å². The molecule has 1 amide bonds. The monoisotopic (exact) mass is 1810 g/mol. The number of carbonyl (C=O) groups is 1. The van der Waals surface area contributed by atoms with Crippen LogP contribution in [0.3, 0.4) is 0 Å². The predicted octanol–water partition coefficient (Wildman–Crippen LogP) is 23.8. The molecule has 11 nitrogen and oxygen atoms in total. The Bertz CT molecular complexity index is 6330. The molecule has 0 radical (unpaired) electrons. The van der Waals surface area contributed by atoms with Gasteiger partial charge in [-0.3, -0.25) is 4.79 Å². The van der Waals surface area contributed by atoms with E-state index < -0.39 is 10.8 Å². The molecule has 5 saturated heterocycles. The van der Waals surface area contributed by atoms with Crippen molar-refractivity contribution in [1.82, 2.24) is 29.4 Å². The van der Waals surface area contributed by atoms with Gasteiger partial charge in [0.05, 0.1) is 6.54 Å². The van der Waals surface area contributed by atoms with Crippen molar-refractivity contribution in [3.05, 3.63) is 358 Å². The maximum Gasteiger partial charge on any atom is 0.236 e. The van der Waals surface area contributed by atoms with Crippen molar-refractivity contribution in [2.24, 2.45) is 0 Å². The van der Waals surface area contributed by atoms with Crippen molar-refractivity contribution >= 4 is 33.8 Å². The van der Waals surface area contributed by atoms with Crippen LogP contribution in [0.15, 0.2) is 228 Å². The number of hydrogen-bond donors (Lipinski definition) is 0. The average Bonchev–Trinajstić information content (AvgIpc) is 1.57. The van der Waals surface area contributed by atoms with Crippen LogP contribution in [0.5, 0.6) is 23.0 Å². The number of likely N-dealkylation sites (N-methyl/N-ethyl adjacent to an activating group) is 1. The molecule has 5 fully saturated rings. The van der Waals surface area contributed by atoms with E-state index >= 15 is 4.39 Å². The van der Waals surface area contributed by atoms with Crippen molar-refractivity contribution in [2.75, 3.05) is 128 Å². The average molecular weight is 1810 g/mol. The van der Waals surface area contributed by atoms with Crippen LogP contribution in [0.4, 0.5) is 26.3 Å². The molecule has 17 heteroatoms. The van der Waals surface area contributed by atoms with Crippen LogP contribution in [-0.4, -0.2) is 163 Å². The van der Waals surface area contributed by atoms with Gasteiger partial charge in [-0.2, -0.15) is 0 Å². The first-order valence-electron chi connectivity index (χ1n) is 48.3. The molecule has 7 heterocycles. The van der Waals surface area contributed by atoms with Gasteiger partial charge in [-0.15, -0.1) is 0 Å². The molecule has 0 aromatic heterocycles. The van der Waals surface area contributed by atoms with Gasteiger partial charge in [0.1, 0.15) is 34.9 Å². The number of hydrogen-bond acceptors (Lipinski definition) is 10. The van der Waals surface area contributed by atoms with E-state index in [1.165, 1.54) is 117 Å². The highest BCUT2D eigenvalue weighted by atomic mass is 19.1. The number of allylic oxidation sites excluding steroid dienone is 5. The molecule has 10 aromatic rings. The quantitative estimate of drug-likeness (QED) is 0.144. The van der Waals surface area contributed by atoms with Crippen LogP contribution in [0.2, 0.25) is 0 Å². The summed E-state index contributed by atoms with van der Waals surface area (Å²) < 4.78 is 109. The third-order valence-electron chi connectivity index (χ3n) is 31.4. The topological polar surface area (TPSA) is 73.4 Å². The Hall–Kier alpha value is -11.1. The van der Waals surface area contributed by atoms with Crippen molar-refractivity contribution in [3.8, 4) is 23.0 Å². The van der Waals surface area contributed by atoms with Gasteiger partial charge in [0.25, 0.3) is 0 Å².